The van der Waals surface area contributed by atoms with Crippen molar-refractivity contribution in [3.63, 3.8) is 0 Å². The molecule has 0 aliphatic heterocycles. The molecule has 0 spiro atoms. The van der Waals surface area contributed by atoms with E-state index in [0.717, 1.165) is 13.0 Å². The van der Waals surface area contributed by atoms with Crippen molar-refractivity contribution in [3.8, 4) is 0 Å². The van der Waals surface area contributed by atoms with Gasteiger partial charge in [0.2, 0.25) is 0 Å². The molecular formula is C11H20N4O2S. The van der Waals surface area contributed by atoms with Crippen LogP contribution >= 0.6 is 0 Å². The van der Waals surface area contributed by atoms with Crippen LogP contribution in [0.4, 0.5) is 0 Å². The SMILES string of the molecule is CCc1ncc(S(=O)(=O)NCCCNC2CC2)[nH]1. The van der Waals surface area contributed by atoms with Crippen molar-refractivity contribution in [2.45, 2.75) is 43.7 Å². The zero-order chi connectivity index (χ0) is 13.0. The molecule has 0 saturated heterocycles. The zero-order valence-electron chi connectivity index (χ0n) is 10.6. The van der Waals surface area contributed by atoms with Crippen molar-refractivity contribution in [3.05, 3.63) is 12.0 Å². The molecule has 1 aliphatic rings. The lowest BCUT2D eigenvalue weighted by atomic mass is 10.4. The fourth-order valence-electron chi connectivity index (χ4n) is 1.63. The van der Waals surface area contributed by atoms with E-state index < -0.39 is 10.0 Å². The van der Waals surface area contributed by atoms with Crippen LogP contribution in [0.1, 0.15) is 32.0 Å². The number of aryl methyl sites for hydroxylation is 1. The minimum absolute atomic E-state index is 0.148. The quantitative estimate of drug-likeness (QED) is 0.598. The summed E-state index contributed by atoms with van der Waals surface area (Å²) in [7, 11) is -3.43. The molecule has 6 nitrogen and oxygen atoms in total. The molecular weight excluding hydrogens is 252 g/mol. The van der Waals surface area contributed by atoms with Gasteiger partial charge in [-0.15, -0.1) is 0 Å². The standard InChI is InChI=1S/C11H20N4O2S/c1-2-10-13-8-11(15-10)18(16,17)14-7-3-6-12-9-4-5-9/h8-9,12,14H,2-7H2,1H3,(H,13,15). The number of sulfonamides is 1. The van der Waals surface area contributed by atoms with E-state index in [9.17, 15) is 8.42 Å². The molecule has 0 unspecified atom stereocenters. The summed E-state index contributed by atoms with van der Waals surface area (Å²) in [5.74, 6) is 0.686. The summed E-state index contributed by atoms with van der Waals surface area (Å²) in [5, 5.41) is 3.49. The molecule has 7 heteroatoms. The molecule has 1 aromatic rings. The van der Waals surface area contributed by atoms with Crippen LogP contribution in [0.2, 0.25) is 0 Å². The van der Waals surface area contributed by atoms with Gasteiger partial charge in [0.15, 0.2) is 5.03 Å². The van der Waals surface area contributed by atoms with Crippen molar-refractivity contribution in [1.29, 1.82) is 0 Å². The van der Waals surface area contributed by atoms with E-state index in [4.69, 9.17) is 0 Å². The average Bonchev–Trinajstić information content (AvgIpc) is 3.03. The summed E-state index contributed by atoms with van der Waals surface area (Å²) >= 11 is 0. The Kier molecular flexibility index (Phi) is 4.36. The molecule has 1 saturated carbocycles. The second kappa shape index (κ2) is 5.81. The normalized spacial score (nSPS) is 16.1. The Hall–Kier alpha value is -0.920. The Labute approximate surface area is 108 Å². The van der Waals surface area contributed by atoms with Crippen molar-refractivity contribution in [2.75, 3.05) is 13.1 Å². The predicted octanol–water partition coefficient (Wildman–Crippen LogP) is 0.393. The highest BCUT2D eigenvalue weighted by molar-refractivity contribution is 7.89. The lowest BCUT2D eigenvalue weighted by Crippen LogP contribution is -2.28. The maximum absolute atomic E-state index is 11.9. The van der Waals surface area contributed by atoms with E-state index in [2.05, 4.69) is 20.0 Å². The molecule has 1 heterocycles. The third-order valence-corrected chi connectivity index (χ3v) is 4.26. The van der Waals surface area contributed by atoms with Gasteiger partial charge in [-0.2, -0.15) is 0 Å². The first-order chi connectivity index (χ1) is 8.62. The summed E-state index contributed by atoms with van der Waals surface area (Å²) in [6.07, 6.45) is 5.36. The molecule has 0 aromatic carbocycles. The number of rotatable bonds is 8. The molecule has 0 bridgehead atoms. The summed E-state index contributed by atoms with van der Waals surface area (Å²) in [6.45, 7) is 3.23. The highest BCUT2D eigenvalue weighted by Gasteiger charge is 2.20. The molecule has 1 fully saturated rings. The highest BCUT2D eigenvalue weighted by atomic mass is 32.2. The molecule has 0 atom stereocenters. The highest BCUT2D eigenvalue weighted by Crippen LogP contribution is 2.18. The van der Waals surface area contributed by atoms with Crippen molar-refractivity contribution in [1.82, 2.24) is 20.0 Å². The molecule has 2 rings (SSSR count). The second-order valence-electron chi connectivity index (χ2n) is 4.53. The van der Waals surface area contributed by atoms with Gasteiger partial charge in [-0.1, -0.05) is 6.92 Å². The van der Waals surface area contributed by atoms with Crippen LogP contribution in [-0.4, -0.2) is 37.5 Å². The molecule has 1 aliphatic carbocycles. The molecule has 0 radical (unpaired) electrons. The molecule has 3 N–H and O–H groups in total. The lowest BCUT2D eigenvalue weighted by Gasteiger charge is -2.05. The van der Waals surface area contributed by atoms with Gasteiger partial charge < -0.3 is 10.3 Å². The number of hydrogen-bond donors (Lipinski definition) is 3. The van der Waals surface area contributed by atoms with Gasteiger partial charge in [-0.25, -0.2) is 18.1 Å². The monoisotopic (exact) mass is 272 g/mol. The number of nitrogens with one attached hydrogen (secondary N) is 3. The van der Waals surface area contributed by atoms with Gasteiger partial charge in [0.1, 0.15) is 5.82 Å². The van der Waals surface area contributed by atoms with Crippen LogP contribution in [0.5, 0.6) is 0 Å². The van der Waals surface area contributed by atoms with E-state index in [1.165, 1.54) is 19.0 Å². The van der Waals surface area contributed by atoms with Crippen LogP contribution in [0, 0.1) is 0 Å². The third-order valence-electron chi connectivity index (χ3n) is 2.89. The number of aromatic amines is 1. The predicted molar refractivity (Wildman–Crippen MR) is 68.8 cm³/mol. The lowest BCUT2D eigenvalue weighted by molar-refractivity contribution is 0.570. The van der Waals surface area contributed by atoms with Crippen LogP contribution < -0.4 is 10.0 Å². The fraction of sp³-hybridized carbons (Fsp3) is 0.727. The van der Waals surface area contributed by atoms with Crippen LogP contribution in [0.25, 0.3) is 0 Å². The van der Waals surface area contributed by atoms with Gasteiger partial charge in [0, 0.05) is 19.0 Å². The fourth-order valence-corrected chi connectivity index (χ4v) is 2.64. The smallest absolute Gasteiger partial charge is 0.257 e. The largest absolute Gasteiger partial charge is 0.332 e. The van der Waals surface area contributed by atoms with E-state index >= 15 is 0 Å². The van der Waals surface area contributed by atoms with Gasteiger partial charge >= 0.3 is 0 Å². The Bertz CT molecular complexity index is 479. The van der Waals surface area contributed by atoms with Crippen molar-refractivity contribution < 1.29 is 8.42 Å². The van der Waals surface area contributed by atoms with Gasteiger partial charge in [0.05, 0.1) is 6.20 Å². The Morgan fingerprint density at radius 1 is 1.44 bits per heavy atom. The number of aromatic nitrogens is 2. The van der Waals surface area contributed by atoms with Crippen LogP contribution in [0.15, 0.2) is 11.2 Å². The van der Waals surface area contributed by atoms with Crippen LogP contribution in [0.3, 0.4) is 0 Å². The average molecular weight is 272 g/mol. The van der Waals surface area contributed by atoms with E-state index in [1.807, 2.05) is 6.92 Å². The maximum atomic E-state index is 11.9. The first-order valence-electron chi connectivity index (χ1n) is 6.39. The minimum Gasteiger partial charge on any atom is -0.332 e. The zero-order valence-corrected chi connectivity index (χ0v) is 11.4. The van der Waals surface area contributed by atoms with E-state index in [0.29, 0.717) is 24.8 Å². The molecule has 0 amide bonds. The molecule has 1 aromatic heterocycles. The number of hydrogen-bond acceptors (Lipinski definition) is 4. The Morgan fingerprint density at radius 3 is 2.83 bits per heavy atom. The van der Waals surface area contributed by atoms with Crippen LogP contribution in [-0.2, 0) is 16.4 Å². The van der Waals surface area contributed by atoms with Gasteiger partial charge in [-0.05, 0) is 25.8 Å². The Morgan fingerprint density at radius 2 is 2.22 bits per heavy atom. The van der Waals surface area contributed by atoms with Crippen molar-refractivity contribution in [2.24, 2.45) is 0 Å². The number of H-pyrrole nitrogens is 1. The Balaban J connectivity index is 1.75. The summed E-state index contributed by atoms with van der Waals surface area (Å²) in [6, 6.07) is 0.668. The minimum atomic E-state index is -3.43. The van der Waals surface area contributed by atoms with Gasteiger partial charge in [-0.3, -0.25) is 0 Å². The van der Waals surface area contributed by atoms with Crippen molar-refractivity contribution >= 4 is 10.0 Å². The maximum Gasteiger partial charge on any atom is 0.257 e. The first-order valence-corrected chi connectivity index (χ1v) is 7.87. The van der Waals surface area contributed by atoms with E-state index in [1.54, 1.807) is 0 Å². The molecule has 18 heavy (non-hydrogen) atoms. The number of nitrogens with zero attached hydrogens (tertiary/aromatic N) is 1. The second-order valence-corrected chi connectivity index (χ2v) is 6.26. The van der Waals surface area contributed by atoms with Gasteiger partial charge in [0.25, 0.3) is 10.0 Å². The molecule has 102 valence electrons. The summed E-state index contributed by atoms with van der Waals surface area (Å²) < 4.78 is 26.3. The van der Waals surface area contributed by atoms with E-state index in [-0.39, 0.29) is 5.03 Å². The summed E-state index contributed by atoms with van der Waals surface area (Å²) in [5.41, 5.74) is 0. The summed E-state index contributed by atoms with van der Waals surface area (Å²) in [4.78, 5) is 6.78. The first kappa shape index (κ1) is 13.5. The third kappa shape index (κ3) is 3.79. The topological polar surface area (TPSA) is 86.9 Å². The number of imidazole rings is 1.